The fraction of sp³-hybridized carbons (Fsp3) is 0.800. The number of nitrogens with two attached hydrogens (primary N) is 2. The summed E-state index contributed by atoms with van der Waals surface area (Å²) in [7, 11) is 0. The van der Waals surface area contributed by atoms with E-state index in [0.29, 0.717) is 6.54 Å². The zero-order valence-electron chi connectivity index (χ0n) is 10.1. The summed E-state index contributed by atoms with van der Waals surface area (Å²) >= 11 is 1.22. The van der Waals surface area contributed by atoms with Crippen molar-refractivity contribution in [2.45, 2.75) is 32.2 Å². The number of carbonyl (C=O) groups is 2. The number of primary amides is 1. The molecule has 0 bridgehead atoms. The normalized spacial score (nSPS) is 11.4. The summed E-state index contributed by atoms with van der Waals surface area (Å²) in [6.45, 7) is 2.55. The lowest BCUT2D eigenvalue weighted by Gasteiger charge is -2.16. The van der Waals surface area contributed by atoms with E-state index in [1.54, 1.807) is 0 Å². The molecule has 0 aromatic rings. The SMILES string of the molecule is CCCCC(CN)NC(=O)CSCC(N)=O.Cl. The lowest BCUT2D eigenvalue weighted by Crippen LogP contribution is -2.41. The number of thioether (sulfide) groups is 1. The minimum atomic E-state index is -0.404. The molecular formula is C10H22ClN3O2S. The van der Waals surface area contributed by atoms with Crippen LogP contribution < -0.4 is 16.8 Å². The predicted octanol–water partition coefficient (Wildman–Crippen LogP) is 0.260. The van der Waals surface area contributed by atoms with Crippen LogP contribution in [0.2, 0.25) is 0 Å². The number of carbonyl (C=O) groups excluding carboxylic acids is 2. The van der Waals surface area contributed by atoms with Crippen LogP contribution in [0.3, 0.4) is 0 Å². The van der Waals surface area contributed by atoms with Crippen molar-refractivity contribution in [3.8, 4) is 0 Å². The van der Waals surface area contributed by atoms with Crippen LogP contribution in [0.1, 0.15) is 26.2 Å². The van der Waals surface area contributed by atoms with Crippen molar-refractivity contribution in [1.29, 1.82) is 0 Å². The van der Waals surface area contributed by atoms with Gasteiger partial charge in [-0.25, -0.2) is 0 Å². The molecule has 1 atom stereocenters. The Bertz CT molecular complexity index is 230. The zero-order valence-corrected chi connectivity index (χ0v) is 11.7. The molecule has 0 aromatic heterocycles. The van der Waals surface area contributed by atoms with E-state index in [4.69, 9.17) is 11.5 Å². The first-order chi connectivity index (χ1) is 7.60. The summed E-state index contributed by atoms with van der Waals surface area (Å²) in [5, 5.41) is 2.84. The largest absolute Gasteiger partial charge is 0.369 e. The van der Waals surface area contributed by atoms with Crippen molar-refractivity contribution in [3.63, 3.8) is 0 Å². The number of nitrogens with one attached hydrogen (secondary N) is 1. The van der Waals surface area contributed by atoms with Crippen molar-refractivity contribution >= 4 is 36.0 Å². The first-order valence-electron chi connectivity index (χ1n) is 5.45. The first-order valence-corrected chi connectivity index (χ1v) is 6.61. The summed E-state index contributed by atoms with van der Waals surface area (Å²) < 4.78 is 0. The smallest absolute Gasteiger partial charge is 0.230 e. The van der Waals surface area contributed by atoms with Crippen molar-refractivity contribution in [2.75, 3.05) is 18.1 Å². The Kier molecular flexibility index (Phi) is 13.3. The number of halogens is 1. The summed E-state index contributed by atoms with van der Waals surface area (Å²) in [6, 6.07) is 0.0432. The molecule has 1 unspecified atom stereocenters. The number of amides is 2. The molecule has 0 rings (SSSR count). The van der Waals surface area contributed by atoms with E-state index < -0.39 is 5.91 Å². The van der Waals surface area contributed by atoms with Crippen LogP contribution >= 0.6 is 24.2 Å². The number of hydrogen-bond acceptors (Lipinski definition) is 4. The van der Waals surface area contributed by atoms with Crippen molar-refractivity contribution in [2.24, 2.45) is 11.5 Å². The fourth-order valence-electron chi connectivity index (χ4n) is 1.21. The Morgan fingerprint density at radius 3 is 2.47 bits per heavy atom. The molecule has 0 spiro atoms. The van der Waals surface area contributed by atoms with Gasteiger partial charge in [0.05, 0.1) is 11.5 Å². The van der Waals surface area contributed by atoms with E-state index >= 15 is 0 Å². The van der Waals surface area contributed by atoms with E-state index in [-0.39, 0.29) is 35.9 Å². The summed E-state index contributed by atoms with van der Waals surface area (Å²) in [6.07, 6.45) is 3.04. The van der Waals surface area contributed by atoms with E-state index in [2.05, 4.69) is 12.2 Å². The number of unbranched alkanes of at least 4 members (excludes halogenated alkanes) is 1. The van der Waals surface area contributed by atoms with Crippen LogP contribution in [0, 0.1) is 0 Å². The molecule has 102 valence electrons. The number of hydrogen-bond donors (Lipinski definition) is 3. The van der Waals surface area contributed by atoms with Crippen LogP contribution in [0.5, 0.6) is 0 Å². The van der Waals surface area contributed by atoms with Crippen molar-refractivity contribution in [3.05, 3.63) is 0 Å². The Morgan fingerprint density at radius 1 is 1.35 bits per heavy atom. The van der Waals surface area contributed by atoms with Gasteiger partial charge in [0.2, 0.25) is 11.8 Å². The summed E-state index contributed by atoms with van der Waals surface area (Å²) in [5.41, 5.74) is 10.5. The predicted molar refractivity (Wildman–Crippen MR) is 74.3 cm³/mol. The van der Waals surface area contributed by atoms with Crippen molar-refractivity contribution in [1.82, 2.24) is 5.32 Å². The third kappa shape index (κ3) is 11.8. The van der Waals surface area contributed by atoms with Gasteiger partial charge in [0.15, 0.2) is 0 Å². The van der Waals surface area contributed by atoms with E-state index in [9.17, 15) is 9.59 Å². The average molecular weight is 284 g/mol. The lowest BCUT2D eigenvalue weighted by atomic mass is 10.1. The monoisotopic (exact) mass is 283 g/mol. The van der Waals surface area contributed by atoms with Crippen LogP contribution in [0.4, 0.5) is 0 Å². The Labute approximate surface area is 113 Å². The van der Waals surface area contributed by atoms with Gasteiger partial charge in [-0.2, -0.15) is 0 Å². The summed E-state index contributed by atoms with van der Waals surface area (Å²) in [5.74, 6) is -0.0571. The highest BCUT2D eigenvalue weighted by Gasteiger charge is 2.10. The first kappa shape index (κ1) is 18.9. The maximum atomic E-state index is 11.4. The van der Waals surface area contributed by atoms with Crippen LogP contribution in [-0.2, 0) is 9.59 Å². The molecule has 0 saturated heterocycles. The third-order valence-corrected chi connectivity index (χ3v) is 2.99. The molecule has 0 aromatic carbocycles. The fourth-order valence-corrected chi connectivity index (χ4v) is 1.79. The molecule has 7 heteroatoms. The second-order valence-electron chi connectivity index (χ2n) is 3.60. The topological polar surface area (TPSA) is 98.2 Å². The van der Waals surface area contributed by atoms with Crippen LogP contribution in [0.25, 0.3) is 0 Å². The molecule has 5 N–H and O–H groups in total. The molecular weight excluding hydrogens is 262 g/mol. The van der Waals surface area contributed by atoms with Crippen LogP contribution in [-0.4, -0.2) is 35.9 Å². The highest BCUT2D eigenvalue weighted by Crippen LogP contribution is 2.01. The van der Waals surface area contributed by atoms with Gasteiger partial charge in [-0.3, -0.25) is 9.59 Å². The molecule has 0 heterocycles. The van der Waals surface area contributed by atoms with Crippen LogP contribution in [0.15, 0.2) is 0 Å². The molecule has 0 radical (unpaired) electrons. The van der Waals surface area contributed by atoms with Gasteiger partial charge in [0, 0.05) is 12.6 Å². The Balaban J connectivity index is 0. The minimum absolute atomic E-state index is 0. The van der Waals surface area contributed by atoms with E-state index in [1.165, 1.54) is 11.8 Å². The van der Waals surface area contributed by atoms with Gasteiger partial charge in [-0.15, -0.1) is 24.2 Å². The quantitative estimate of drug-likeness (QED) is 0.565. The molecule has 0 aliphatic carbocycles. The Hall–Kier alpha value is -0.460. The molecule has 0 saturated carbocycles. The molecule has 5 nitrogen and oxygen atoms in total. The van der Waals surface area contributed by atoms with Gasteiger partial charge in [0.25, 0.3) is 0 Å². The third-order valence-electron chi connectivity index (χ3n) is 2.03. The highest BCUT2D eigenvalue weighted by atomic mass is 35.5. The average Bonchev–Trinajstić information content (AvgIpc) is 2.23. The standard InChI is InChI=1S/C10H21N3O2S.ClH/c1-2-3-4-8(5-11)13-10(15)7-16-6-9(12)14;/h8H,2-7,11H2,1H3,(H2,12,14)(H,13,15);1H. The highest BCUT2D eigenvalue weighted by molar-refractivity contribution is 8.00. The van der Waals surface area contributed by atoms with Gasteiger partial charge in [0.1, 0.15) is 0 Å². The maximum absolute atomic E-state index is 11.4. The molecule has 2 amide bonds. The van der Waals surface area contributed by atoms with Crippen molar-refractivity contribution < 1.29 is 9.59 Å². The molecule has 0 aliphatic rings. The Morgan fingerprint density at radius 2 is 2.00 bits per heavy atom. The molecule has 0 aliphatic heterocycles. The zero-order chi connectivity index (χ0) is 12.4. The van der Waals surface area contributed by atoms with E-state index in [0.717, 1.165) is 19.3 Å². The molecule has 0 fully saturated rings. The maximum Gasteiger partial charge on any atom is 0.230 e. The minimum Gasteiger partial charge on any atom is -0.369 e. The van der Waals surface area contributed by atoms with Gasteiger partial charge in [-0.05, 0) is 6.42 Å². The molecule has 17 heavy (non-hydrogen) atoms. The lowest BCUT2D eigenvalue weighted by molar-refractivity contribution is -0.119. The van der Waals surface area contributed by atoms with Gasteiger partial charge in [-0.1, -0.05) is 19.8 Å². The second kappa shape index (κ2) is 12.0. The van der Waals surface area contributed by atoms with Gasteiger partial charge < -0.3 is 16.8 Å². The van der Waals surface area contributed by atoms with Gasteiger partial charge >= 0.3 is 0 Å². The second-order valence-corrected chi connectivity index (χ2v) is 4.59. The van der Waals surface area contributed by atoms with E-state index in [1.807, 2.05) is 0 Å². The number of rotatable bonds is 9. The summed E-state index contributed by atoms with van der Waals surface area (Å²) in [4.78, 5) is 21.9.